The molecule has 0 fully saturated rings. The molecule has 1 aliphatic rings. The number of carboxylic acids is 1. The minimum Gasteiger partial charge on any atom is -0.477 e. The van der Waals surface area contributed by atoms with E-state index < -0.39 is 5.97 Å². The Balaban J connectivity index is 2.80. The summed E-state index contributed by atoms with van der Waals surface area (Å²) in [5.41, 5.74) is -0.105. The Kier molecular flexibility index (Phi) is 3.16. The number of rotatable bonds is 2. The maximum absolute atomic E-state index is 10.5. The van der Waals surface area contributed by atoms with E-state index in [1.54, 1.807) is 10.1 Å². The lowest BCUT2D eigenvalue weighted by Crippen LogP contribution is -2.25. The fraction of sp³-hybridized carbons (Fsp3) is 0.333. The molecule has 1 N–H and O–H groups in total. The van der Waals surface area contributed by atoms with Crippen LogP contribution in [0.5, 0.6) is 0 Å². The van der Waals surface area contributed by atoms with Crippen molar-refractivity contribution in [1.82, 2.24) is 3.93 Å². The lowest BCUT2D eigenvalue weighted by Gasteiger charge is -2.21. The van der Waals surface area contributed by atoms with Crippen molar-refractivity contribution in [1.29, 1.82) is 0 Å². The highest BCUT2D eigenvalue weighted by Crippen LogP contribution is 2.21. The summed E-state index contributed by atoms with van der Waals surface area (Å²) in [5.74, 6) is -0.995. The molecule has 0 aromatic heterocycles. The van der Waals surface area contributed by atoms with E-state index in [0.717, 1.165) is 0 Å². The van der Waals surface area contributed by atoms with Gasteiger partial charge in [-0.15, -0.1) is 11.8 Å². The van der Waals surface area contributed by atoms with Crippen molar-refractivity contribution in [2.75, 3.05) is 6.26 Å². The smallest absolute Gasteiger partial charge is 0.354 e. The molecule has 1 heterocycles. The SMILES string of the molecule is CSC1N=C(C(=O)O)C=CN1Br. The zero-order valence-electron chi connectivity index (χ0n) is 6.27. The number of hydrogen-bond donors (Lipinski definition) is 1. The van der Waals surface area contributed by atoms with Crippen molar-refractivity contribution in [3.63, 3.8) is 0 Å². The highest BCUT2D eigenvalue weighted by molar-refractivity contribution is 9.07. The molecule has 0 spiro atoms. The van der Waals surface area contributed by atoms with Gasteiger partial charge in [-0.2, -0.15) is 0 Å². The minimum absolute atomic E-state index is 0.0880. The van der Waals surface area contributed by atoms with E-state index in [-0.39, 0.29) is 11.2 Å². The van der Waals surface area contributed by atoms with Crippen molar-refractivity contribution in [3.8, 4) is 0 Å². The van der Waals surface area contributed by atoms with Gasteiger partial charge < -0.3 is 5.11 Å². The largest absolute Gasteiger partial charge is 0.477 e. The summed E-state index contributed by atoms with van der Waals surface area (Å²) >= 11 is 4.67. The molecule has 1 aliphatic heterocycles. The van der Waals surface area contributed by atoms with Crippen LogP contribution in [0.15, 0.2) is 17.3 Å². The normalized spacial score (nSPS) is 22.3. The Morgan fingerprint density at radius 3 is 3.08 bits per heavy atom. The Labute approximate surface area is 82.7 Å². The molecule has 0 saturated heterocycles. The lowest BCUT2D eigenvalue weighted by atomic mass is 10.3. The van der Waals surface area contributed by atoms with Crippen molar-refractivity contribution in [3.05, 3.63) is 12.3 Å². The molecule has 12 heavy (non-hydrogen) atoms. The van der Waals surface area contributed by atoms with Crippen LogP contribution in [-0.4, -0.2) is 32.5 Å². The van der Waals surface area contributed by atoms with E-state index in [0.29, 0.717) is 0 Å². The van der Waals surface area contributed by atoms with Gasteiger partial charge in [0.2, 0.25) is 0 Å². The number of hydrogen-bond acceptors (Lipinski definition) is 4. The molecule has 4 nitrogen and oxygen atoms in total. The van der Waals surface area contributed by atoms with Gasteiger partial charge in [0.1, 0.15) is 5.71 Å². The summed E-state index contributed by atoms with van der Waals surface area (Å²) in [4.78, 5) is 14.5. The van der Waals surface area contributed by atoms with Crippen LogP contribution < -0.4 is 0 Å². The van der Waals surface area contributed by atoms with E-state index in [9.17, 15) is 4.79 Å². The van der Waals surface area contributed by atoms with Gasteiger partial charge in [0.05, 0.1) is 16.1 Å². The summed E-state index contributed by atoms with van der Waals surface area (Å²) < 4.78 is 1.67. The van der Waals surface area contributed by atoms with Gasteiger partial charge in [0.25, 0.3) is 0 Å². The van der Waals surface area contributed by atoms with Crippen LogP contribution >= 0.6 is 27.9 Å². The topological polar surface area (TPSA) is 52.9 Å². The summed E-state index contributed by atoms with van der Waals surface area (Å²) in [6, 6.07) is 0. The quantitative estimate of drug-likeness (QED) is 0.751. The maximum Gasteiger partial charge on any atom is 0.354 e. The molecule has 0 aromatic carbocycles. The van der Waals surface area contributed by atoms with Crippen LogP contribution in [0.25, 0.3) is 0 Å². The molecular formula is C6H7BrN2O2S. The maximum atomic E-state index is 10.5. The van der Waals surface area contributed by atoms with E-state index in [2.05, 4.69) is 21.1 Å². The van der Waals surface area contributed by atoms with Crippen LogP contribution in [0.2, 0.25) is 0 Å². The molecule has 66 valence electrons. The Hall–Kier alpha value is -0.490. The molecule has 0 radical (unpaired) electrons. The van der Waals surface area contributed by atoms with Gasteiger partial charge in [0.15, 0.2) is 5.50 Å². The number of aliphatic carboxylic acids is 1. The molecule has 1 unspecified atom stereocenters. The molecule has 0 aliphatic carbocycles. The predicted octanol–water partition coefficient (Wildman–Crippen LogP) is 1.30. The van der Waals surface area contributed by atoms with Gasteiger partial charge in [0, 0.05) is 6.20 Å². The third kappa shape index (κ3) is 2.01. The average molecular weight is 251 g/mol. The standard InChI is InChI=1S/C6H7BrN2O2S/c1-12-6-8-4(5(10)11)2-3-9(6)7/h2-3,6H,1H3,(H,10,11). The third-order valence-electron chi connectivity index (χ3n) is 1.27. The molecule has 6 heteroatoms. The summed E-state index contributed by atoms with van der Waals surface area (Å²) in [6.45, 7) is 0. The number of nitrogens with zero attached hydrogens (tertiary/aromatic N) is 2. The van der Waals surface area contributed by atoms with Crippen LogP contribution in [0.4, 0.5) is 0 Å². The zero-order valence-corrected chi connectivity index (χ0v) is 8.67. The second-order valence-corrected chi connectivity index (χ2v) is 3.75. The summed E-state index contributed by atoms with van der Waals surface area (Å²) in [6.07, 6.45) is 4.95. The molecule has 0 saturated carbocycles. The fourth-order valence-electron chi connectivity index (χ4n) is 0.713. The van der Waals surface area contributed by atoms with Crippen molar-refractivity contribution in [2.45, 2.75) is 5.50 Å². The summed E-state index contributed by atoms with van der Waals surface area (Å²) in [7, 11) is 0. The van der Waals surface area contributed by atoms with Crippen molar-refractivity contribution in [2.24, 2.45) is 4.99 Å². The van der Waals surface area contributed by atoms with Gasteiger partial charge in [-0.1, -0.05) is 0 Å². The van der Waals surface area contributed by atoms with E-state index in [1.807, 2.05) is 6.26 Å². The number of thioether (sulfide) groups is 1. The second kappa shape index (κ2) is 3.95. The highest BCUT2D eigenvalue weighted by Gasteiger charge is 2.18. The number of carboxylic acid groups (broad SMARTS) is 1. The first-order valence-electron chi connectivity index (χ1n) is 3.11. The Bertz CT molecular complexity index is 254. The van der Waals surface area contributed by atoms with E-state index in [4.69, 9.17) is 5.11 Å². The molecular weight excluding hydrogens is 244 g/mol. The minimum atomic E-state index is -0.995. The van der Waals surface area contributed by atoms with Crippen LogP contribution in [0.1, 0.15) is 0 Å². The van der Waals surface area contributed by atoms with Gasteiger partial charge in [-0.3, -0.25) is 3.93 Å². The first-order valence-corrected chi connectivity index (χ1v) is 5.11. The highest BCUT2D eigenvalue weighted by atomic mass is 79.9. The second-order valence-electron chi connectivity index (χ2n) is 2.04. The van der Waals surface area contributed by atoms with E-state index >= 15 is 0 Å². The molecule has 0 aromatic rings. The first-order chi connectivity index (χ1) is 5.65. The molecule has 1 rings (SSSR count). The van der Waals surface area contributed by atoms with Crippen LogP contribution in [-0.2, 0) is 4.79 Å². The van der Waals surface area contributed by atoms with Gasteiger partial charge in [-0.05, 0) is 12.3 Å². The molecule has 0 amide bonds. The van der Waals surface area contributed by atoms with E-state index in [1.165, 1.54) is 17.8 Å². The first kappa shape index (κ1) is 9.60. The molecule has 0 bridgehead atoms. The van der Waals surface area contributed by atoms with Crippen LogP contribution in [0, 0.1) is 0 Å². The molecule has 1 atom stereocenters. The van der Waals surface area contributed by atoms with Crippen molar-refractivity contribution >= 4 is 39.6 Å². The number of carbonyl (C=O) groups is 1. The number of halogens is 1. The Morgan fingerprint density at radius 2 is 2.58 bits per heavy atom. The fourth-order valence-corrected chi connectivity index (χ4v) is 1.91. The van der Waals surface area contributed by atoms with Crippen molar-refractivity contribution < 1.29 is 9.90 Å². The average Bonchev–Trinajstić information content (AvgIpc) is 2.05. The van der Waals surface area contributed by atoms with Crippen LogP contribution in [0.3, 0.4) is 0 Å². The third-order valence-corrected chi connectivity index (χ3v) is 2.91. The summed E-state index contributed by atoms with van der Waals surface area (Å²) in [5, 5.41) is 8.61. The monoisotopic (exact) mass is 250 g/mol. The van der Waals surface area contributed by atoms with Gasteiger partial charge >= 0.3 is 5.97 Å². The van der Waals surface area contributed by atoms with Gasteiger partial charge in [-0.25, -0.2) is 9.79 Å². The Morgan fingerprint density at radius 1 is 1.92 bits per heavy atom. The number of aliphatic imine (C=N–C) groups is 1. The predicted molar refractivity (Wildman–Crippen MR) is 52.3 cm³/mol. The lowest BCUT2D eigenvalue weighted by molar-refractivity contribution is -0.129. The zero-order chi connectivity index (χ0) is 9.14.